The Morgan fingerprint density at radius 3 is 2.82 bits per heavy atom. The summed E-state index contributed by atoms with van der Waals surface area (Å²) in [6, 6.07) is 0.371. The van der Waals surface area contributed by atoms with Gasteiger partial charge in [-0.15, -0.1) is 0 Å². The molecule has 98 valence electrons. The van der Waals surface area contributed by atoms with Crippen LogP contribution < -0.4 is 0 Å². The lowest BCUT2D eigenvalue weighted by atomic mass is 9.91. The van der Waals surface area contributed by atoms with Gasteiger partial charge >= 0.3 is 5.97 Å². The quantitative estimate of drug-likeness (QED) is 0.817. The van der Waals surface area contributed by atoms with Crippen LogP contribution in [-0.4, -0.2) is 47.8 Å². The van der Waals surface area contributed by atoms with Crippen molar-refractivity contribution < 1.29 is 14.6 Å². The molecule has 4 nitrogen and oxygen atoms in total. The lowest BCUT2D eigenvalue weighted by Crippen LogP contribution is -2.46. The molecule has 0 aromatic rings. The number of likely N-dealkylation sites (tertiary alicyclic amines) is 1. The molecule has 2 rings (SSSR count). The molecule has 0 amide bonds. The van der Waals surface area contributed by atoms with Crippen LogP contribution in [0.3, 0.4) is 0 Å². The Hall–Kier alpha value is -0.610. The molecule has 2 aliphatic heterocycles. The molecule has 0 aliphatic carbocycles. The van der Waals surface area contributed by atoms with Crippen LogP contribution in [0.25, 0.3) is 0 Å². The van der Waals surface area contributed by atoms with Crippen LogP contribution in [0, 0.1) is 5.92 Å². The highest BCUT2D eigenvalue weighted by molar-refractivity contribution is 5.70. The molecule has 4 heteroatoms. The number of carboxylic acid groups (broad SMARTS) is 1. The van der Waals surface area contributed by atoms with Crippen LogP contribution in [0.4, 0.5) is 0 Å². The van der Waals surface area contributed by atoms with E-state index < -0.39 is 5.97 Å². The Morgan fingerprint density at radius 1 is 1.41 bits per heavy atom. The van der Waals surface area contributed by atoms with Gasteiger partial charge in [-0.2, -0.15) is 0 Å². The van der Waals surface area contributed by atoms with E-state index in [1.165, 1.54) is 12.8 Å². The van der Waals surface area contributed by atoms with Gasteiger partial charge in [0.25, 0.3) is 0 Å². The minimum Gasteiger partial charge on any atom is -0.481 e. The molecule has 0 radical (unpaired) electrons. The van der Waals surface area contributed by atoms with Crippen molar-refractivity contribution in [2.45, 2.75) is 51.2 Å². The van der Waals surface area contributed by atoms with Gasteiger partial charge in [0.2, 0.25) is 0 Å². The third-order valence-corrected chi connectivity index (χ3v) is 4.08. The number of carbonyl (C=O) groups is 1. The van der Waals surface area contributed by atoms with Crippen molar-refractivity contribution in [3.63, 3.8) is 0 Å². The number of hydrogen-bond acceptors (Lipinski definition) is 3. The number of hydrogen-bond donors (Lipinski definition) is 1. The van der Waals surface area contributed by atoms with Crippen molar-refractivity contribution in [2.75, 3.05) is 19.7 Å². The zero-order valence-corrected chi connectivity index (χ0v) is 10.6. The lowest BCUT2D eigenvalue weighted by Gasteiger charge is -2.38. The average molecular weight is 241 g/mol. The first-order chi connectivity index (χ1) is 8.16. The van der Waals surface area contributed by atoms with Gasteiger partial charge in [0, 0.05) is 19.2 Å². The van der Waals surface area contributed by atoms with E-state index >= 15 is 0 Å². The summed E-state index contributed by atoms with van der Waals surface area (Å²) in [6.07, 6.45) is 5.55. The predicted molar refractivity (Wildman–Crippen MR) is 65.0 cm³/mol. The van der Waals surface area contributed by atoms with E-state index in [4.69, 9.17) is 9.84 Å². The number of rotatable bonds is 3. The first-order valence-electron chi connectivity index (χ1n) is 6.75. The highest BCUT2D eigenvalue weighted by Gasteiger charge is 2.31. The molecular weight excluding hydrogens is 218 g/mol. The van der Waals surface area contributed by atoms with Gasteiger partial charge < -0.3 is 9.84 Å². The van der Waals surface area contributed by atoms with Gasteiger partial charge in [0.15, 0.2) is 0 Å². The first-order valence-corrected chi connectivity index (χ1v) is 6.75. The fourth-order valence-electron chi connectivity index (χ4n) is 2.93. The van der Waals surface area contributed by atoms with Gasteiger partial charge in [0.1, 0.15) is 0 Å². The molecule has 3 unspecified atom stereocenters. The molecule has 0 spiro atoms. The Morgan fingerprint density at radius 2 is 2.24 bits per heavy atom. The van der Waals surface area contributed by atoms with E-state index in [0.29, 0.717) is 12.1 Å². The Balaban J connectivity index is 1.80. The van der Waals surface area contributed by atoms with E-state index in [-0.39, 0.29) is 5.92 Å². The van der Waals surface area contributed by atoms with E-state index in [9.17, 15) is 4.79 Å². The maximum Gasteiger partial charge on any atom is 0.306 e. The third kappa shape index (κ3) is 3.42. The van der Waals surface area contributed by atoms with Crippen molar-refractivity contribution in [2.24, 2.45) is 5.92 Å². The third-order valence-electron chi connectivity index (χ3n) is 4.08. The Bertz CT molecular complexity index is 263. The molecule has 0 bridgehead atoms. The van der Waals surface area contributed by atoms with Crippen LogP contribution in [0.2, 0.25) is 0 Å². The monoisotopic (exact) mass is 241 g/mol. The molecule has 2 aliphatic rings. The van der Waals surface area contributed by atoms with E-state index in [1.54, 1.807) is 0 Å². The summed E-state index contributed by atoms with van der Waals surface area (Å²) in [5, 5.41) is 9.02. The summed E-state index contributed by atoms with van der Waals surface area (Å²) in [4.78, 5) is 13.4. The summed E-state index contributed by atoms with van der Waals surface area (Å²) >= 11 is 0. The molecule has 2 heterocycles. The standard InChI is InChI=1S/C13H23NO3/c1-10-8-11(13(15)16)5-6-14(10)9-12-4-2-3-7-17-12/h10-12H,2-9H2,1H3,(H,15,16). The van der Waals surface area contributed by atoms with Gasteiger partial charge in [0.05, 0.1) is 12.0 Å². The molecule has 1 N–H and O–H groups in total. The normalized spacial score (nSPS) is 35.7. The molecule has 0 aromatic heterocycles. The van der Waals surface area contributed by atoms with Crippen molar-refractivity contribution in [1.29, 1.82) is 0 Å². The summed E-state index contributed by atoms with van der Waals surface area (Å²) < 4.78 is 5.75. The zero-order valence-electron chi connectivity index (χ0n) is 10.6. The summed E-state index contributed by atoms with van der Waals surface area (Å²) in [5.41, 5.74) is 0. The maximum atomic E-state index is 11.0. The topological polar surface area (TPSA) is 49.8 Å². The summed E-state index contributed by atoms with van der Waals surface area (Å²) in [7, 11) is 0. The van der Waals surface area contributed by atoms with Crippen molar-refractivity contribution in [1.82, 2.24) is 4.90 Å². The molecule has 0 saturated carbocycles. The average Bonchev–Trinajstić information content (AvgIpc) is 2.33. The smallest absolute Gasteiger partial charge is 0.306 e. The van der Waals surface area contributed by atoms with Crippen molar-refractivity contribution in [3.05, 3.63) is 0 Å². The summed E-state index contributed by atoms with van der Waals surface area (Å²) in [6.45, 7) is 4.91. The second-order valence-electron chi connectivity index (χ2n) is 5.39. The molecule has 0 aromatic carbocycles. The zero-order chi connectivity index (χ0) is 12.3. The number of ether oxygens (including phenoxy) is 1. The predicted octanol–water partition coefficient (Wildman–Crippen LogP) is 1.74. The molecule has 17 heavy (non-hydrogen) atoms. The van der Waals surface area contributed by atoms with Crippen molar-refractivity contribution >= 4 is 5.97 Å². The van der Waals surface area contributed by atoms with Gasteiger partial charge in [-0.3, -0.25) is 9.69 Å². The first kappa shape index (κ1) is 12.8. The number of piperidine rings is 1. The number of aliphatic carboxylic acids is 1. The van der Waals surface area contributed by atoms with Gasteiger partial charge in [-0.05, 0) is 45.6 Å². The highest BCUT2D eigenvalue weighted by Crippen LogP contribution is 2.24. The van der Waals surface area contributed by atoms with Crippen LogP contribution >= 0.6 is 0 Å². The van der Waals surface area contributed by atoms with Gasteiger partial charge in [-0.1, -0.05) is 0 Å². The van der Waals surface area contributed by atoms with Crippen LogP contribution in [-0.2, 0) is 9.53 Å². The van der Waals surface area contributed by atoms with Crippen LogP contribution in [0.15, 0.2) is 0 Å². The van der Waals surface area contributed by atoms with Crippen LogP contribution in [0.1, 0.15) is 39.0 Å². The van der Waals surface area contributed by atoms with Crippen LogP contribution in [0.5, 0.6) is 0 Å². The SMILES string of the molecule is CC1CC(C(=O)O)CCN1CC1CCCCO1. The van der Waals surface area contributed by atoms with E-state index in [1.807, 2.05) is 0 Å². The maximum absolute atomic E-state index is 11.0. The second-order valence-corrected chi connectivity index (χ2v) is 5.39. The molecule has 2 fully saturated rings. The van der Waals surface area contributed by atoms with Crippen molar-refractivity contribution in [3.8, 4) is 0 Å². The second kappa shape index (κ2) is 5.83. The lowest BCUT2D eigenvalue weighted by molar-refractivity contribution is -0.144. The number of carboxylic acids is 1. The summed E-state index contributed by atoms with van der Waals surface area (Å²) in [5.74, 6) is -0.779. The number of nitrogens with zero attached hydrogens (tertiary/aromatic N) is 1. The Kier molecular flexibility index (Phi) is 4.40. The van der Waals surface area contributed by atoms with Gasteiger partial charge in [-0.25, -0.2) is 0 Å². The molecule has 2 saturated heterocycles. The fourth-order valence-corrected chi connectivity index (χ4v) is 2.93. The highest BCUT2D eigenvalue weighted by atomic mass is 16.5. The fraction of sp³-hybridized carbons (Fsp3) is 0.923. The molecule has 3 atom stereocenters. The minimum absolute atomic E-state index is 0.145. The minimum atomic E-state index is -0.634. The Labute approximate surface area is 103 Å². The van der Waals surface area contributed by atoms with E-state index in [2.05, 4.69) is 11.8 Å². The molecular formula is C13H23NO3. The largest absolute Gasteiger partial charge is 0.481 e. The van der Waals surface area contributed by atoms with E-state index in [0.717, 1.165) is 39.0 Å².